The Balaban J connectivity index is 1.45. The van der Waals surface area contributed by atoms with Crippen molar-refractivity contribution in [2.75, 3.05) is 28.6 Å². The number of hydrogen-bond donors (Lipinski definition) is 2. The van der Waals surface area contributed by atoms with Crippen molar-refractivity contribution in [2.45, 2.75) is 26.7 Å². The van der Waals surface area contributed by atoms with Gasteiger partial charge in [0.15, 0.2) is 0 Å². The van der Waals surface area contributed by atoms with Crippen molar-refractivity contribution in [3.8, 4) is 0 Å². The molecule has 1 fully saturated rings. The van der Waals surface area contributed by atoms with Gasteiger partial charge in [0, 0.05) is 41.9 Å². The van der Waals surface area contributed by atoms with Crippen molar-refractivity contribution in [2.24, 2.45) is 5.92 Å². The fraction of sp³-hybridized carbons (Fsp3) is 0.304. The van der Waals surface area contributed by atoms with E-state index in [1.165, 1.54) is 30.7 Å². The van der Waals surface area contributed by atoms with Gasteiger partial charge in [0.25, 0.3) is 0 Å². The van der Waals surface area contributed by atoms with Crippen LogP contribution < -0.4 is 15.5 Å². The van der Waals surface area contributed by atoms with Gasteiger partial charge >= 0.3 is 0 Å². The van der Waals surface area contributed by atoms with E-state index < -0.39 is 0 Å². The minimum absolute atomic E-state index is 0.289. The molecule has 29 heavy (non-hydrogen) atoms. The van der Waals surface area contributed by atoms with E-state index in [0.717, 1.165) is 30.4 Å². The number of nitrogens with one attached hydrogen (secondary N) is 2. The van der Waals surface area contributed by atoms with Crippen molar-refractivity contribution >= 4 is 28.8 Å². The molecule has 1 aromatic heterocycles. The summed E-state index contributed by atoms with van der Waals surface area (Å²) in [5, 5.41) is 6.39. The van der Waals surface area contributed by atoms with Crippen LogP contribution in [0.2, 0.25) is 0 Å². The molecule has 0 amide bonds. The van der Waals surface area contributed by atoms with E-state index in [2.05, 4.69) is 56.7 Å². The van der Waals surface area contributed by atoms with Gasteiger partial charge in [-0.1, -0.05) is 13.0 Å². The first-order valence-electron chi connectivity index (χ1n) is 10.1. The summed E-state index contributed by atoms with van der Waals surface area (Å²) in [5.74, 6) is 1.65. The number of piperidine rings is 1. The van der Waals surface area contributed by atoms with Crippen LogP contribution >= 0.6 is 0 Å². The first kappa shape index (κ1) is 19.2. The number of rotatable bonds is 5. The third kappa shape index (κ3) is 5.02. The van der Waals surface area contributed by atoms with Gasteiger partial charge in [-0.2, -0.15) is 4.98 Å². The first-order valence-corrected chi connectivity index (χ1v) is 10.1. The molecule has 1 aliphatic rings. The highest BCUT2D eigenvalue weighted by molar-refractivity contribution is 5.62. The molecule has 0 saturated carbocycles. The van der Waals surface area contributed by atoms with E-state index >= 15 is 0 Å². The molecule has 0 radical (unpaired) electrons. The zero-order valence-electron chi connectivity index (χ0n) is 16.8. The van der Waals surface area contributed by atoms with Crippen molar-refractivity contribution in [1.82, 2.24) is 9.97 Å². The molecule has 3 aromatic rings. The van der Waals surface area contributed by atoms with Crippen molar-refractivity contribution in [3.05, 3.63) is 66.1 Å². The summed E-state index contributed by atoms with van der Waals surface area (Å²) in [6.07, 6.45) is 2.50. The molecule has 0 atom stereocenters. The molecule has 2 N–H and O–H groups in total. The van der Waals surface area contributed by atoms with E-state index in [9.17, 15) is 4.39 Å². The molecule has 6 heteroatoms. The average Bonchev–Trinajstić information content (AvgIpc) is 2.69. The van der Waals surface area contributed by atoms with Crippen LogP contribution in [0.4, 0.5) is 33.2 Å². The molecule has 0 bridgehead atoms. The third-order valence-electron chi connectivity index (χ3n) is 5.22. The second-order valence-corrected chi connectivity index (χ2v) is 7.69. The number of anilines is 5. The van der Waals surface area contributed by atoms with E-state index in [1.54, 1.807) is 12.1 Å². The number of aromatic nitrogens is 2. The monoisotopic (exact) mass is 391 g/mol. The molecule has 4 rings (SSSR count). The highest BCUT2D eigenvalue weighted by atomic mass is 19.1. The van der Waals surface area contributed by atoms with Crippen molar-refractivity contribution in [3.63, 3.8) is 0 Å². The maximum Gasteiger partial charge on any atom is 0.229 e. The van der Waals surface area contributed by atoms with Crippen molar-refractivity contribution in [1.29, 1.82) is 0 Å². The molecular formula is C23H26FN5. The summed E-state index contributed by atoms with van der Waals surface area (Å²) in [5.41, 5.74) is 3.65. The number of nitrogens with zero attached hydrogens (tertiary/aromatic N) is 3. The molecule has 1 aliphatic heterocycles. The maximum absolute atomic E-state index is 13.4. The molecule has 2 aromatic carbocycles. The summed E-state index contributed by atoms with van der Waals surface area (Å²) in [6, 6.07) is 16.5. The normalized spacial score (nSPS) is 14.7. The van der Waals surface area contributed by atoms with Crippen LogP contribution in [0.5, 0.6) is 0 Å². The molecule has 5 nitrogen and oxygen atoms in total. The highest BCUT2D eigenvalue weighted by Gasteiger charge is 2.15. The Morgan fingerprint density at radius 3 is 2.41 bits per heavy atom. The Kier molecular flexibility index (Phi) is 5.60. The lowest BCUT2D eigenvalue weighted by Crippen LogP contribution is -2.32. The summed E-state index contributed by atoms with van der Waals surface area (Å²) in [7, 11) is 0. The first-order chi connectivity index (χ1) is 14.0. The van der Waals surface area contributed by atoms with Gasteiger partial charge in [-0.3, -0.25) is 0 Å². The van der Waals surface area contributed by atoms with Gasteiger partial charge in [-0.25, -0.2) is 9.37 Å². The van der Waals surface area contributed by atoms with E-state index in [0.29, 0.717) is 17.5 Å². The van der Waals surface area contributed by atoms with Gasteiger partial charge in [0.2, 0.25) is 5.95 Å². The largest absolute Gasteiger partial charge is 0.372 e. The zero-order chi connectivity index (χ0) is 20.2. The molecule has 150 valence electrons. The minimum Gasteiger partial charge on any atom is -0.372 e. The standard InChI is InChI=1S/C23H26FN5/c1-16-10-12-29(13-11-16)21-8-6-19(7-9-21)27-23-25-17(2)14-22(28-23)26-20-5-3-4-18(24)15-20/h3-9,14-16H,10-13H2,1-2H3,(H2,25,26,27,28). The van der Waals surface area contributed by atoms with Crippen LogP contribution in [-0.2, 0) is 0 Å². The Bertz CT molecular complexity index is 965. The van der Waals surface area contributed by atoms with Gasteiger partial charge in [0.1, 0.15) is 11.6 Å². The van der Waals surface area contributed by atoms with Gasteiger partial charge in [0.05, 0.1) is 0 Å². The molecule has 0 aliphatic carbocycles. The van der Waals surface area contributed by atoms with E-state index in [1.807, 2.05) is 13.0 Å². The lowest BCUT2D eigenvalue weighted by molar-refractivity contribution is 0.438. The number of benzene rings is 2. The molecule has 0 spiro atoms. The van der Waals surface area contributed by atoms with Gasteiger partial charge < -0.3 is 15.5 Å². The molecule has 2 heterocycles. The molecular weight excluding hydrogens is 365 g/mol. The number of aryl methyl sites for hydroxylation is 1. The second-order valence-electron chi connectivity index (χ2n) is 7.69. The number of halogens is 1. The topological polar surface area (TPSA) is 53.1 Å². The smallest absolute Gasteiger partial charge is 0.229 e. The Hall–Kier alpha value is -3.15. The summed E-state index contributed by atoms with van der Waals surface area (Å²) in [4.78, 5) is 11.4. The van der Waals surface area contributed by atoms with E-state index in [-0.39, 0.29) is 5.82 Å². The predicted octanol–water partition coefficient (Wildman–Crippen LogP) is 5.65. The number of hydrogen-bond acceptors (Lipinski definition) is 5. The lowest BCUT2D eigenvalue weighted by Gasteiger charge is -2.32. The lowest BCUT2D eigenvalue weighted by atomic mass is 9.99. The Morgan fingerprint density at radius 2 is 1.69 bits per heavy atom. The van der Waals surface area contributed by atoms with Crippen LogP contribution in [0.25, 0.3) is 0 Å². The Labute approximate surface area is 171 Å². The minimum atomic E-state index is -0.289. The quantitative estimate of drug-likeness (QED) is 0.589. The van der Waals surface area contributed by atoms with Crippen LogP contribution in [0, 0.1) is 18.7 Å². The maximum atomic E-state index is 13.4. The summed E-state index contributed by atoms with van der Waals surface area (Å²) in [6.45, 7) is 6.46. The second kappa shape index (κ2) is 8.47. The van der Waals surface area contributed by atoms with Crippen molar-refractivity contribution < 1.29 is 4.39 Å². The van der Waals surface area contributed by atoms with E-state index in [4.69, 9.17) is 0 Å². The average molecular weight is 391 g/mol. The third-order valence-corrected chi connectivity index (χ3v) is 5.22. The van der Waals surface area contributed by atoms with Gasteiger partial charge in [-0.15, -0.1) is 0 Å². The van der Waals surface area contributed by atoms with Crippen LogP contribution in [0.3, 0.4) is 0 Å². The van der Waals surface area contributed by atoms with Crippen LogP contribution in [0.1, 0.15) is 25.5 Å². The SMILES string of the molecule is Cc1cc(Nc2cccc(F)c2)nc(Nc2ccc(N3CCC(C)CC3)cc2)n1. The molecule has 1 saturated heterocycles. The highest BCUT2D eigenvalue weighted by Crippen LogP contribution is 2.25. The Morgan fingerprint density at radius 1 is 0.931 bits per heavy atom. The summed E-state index contributed by atoms with van der Waals surface area (Å²) >= 11 is 0. The molecule has 0 unspecified atom stereocenters. The fourth-order valence-electron chi connectivity index (χ4n) is 3.55. The van der Waals surface area contributed by atoms with Crippen LogP contribution in [0.15, 0.2) is 54.6 Å². The fourth-order valence-corrected chi connectivity index (χ4v) is 3.55. The van der Waals surface area contributed by atoms with Crippen LogP contribution in [-0.4, -0.2) is 23.1 Å². The zero-order valence-corrected chi connectivity index (χ0v) is 16.8. The summed E-state index contributed by atoms with van der Waals surface area (Å²) < 4.78 is 13.4. The van der Waals surface area contributed by atoms with Gasteiger partial charge in [-0.05, 0) is 68.1 Å². The predicted molar refractivity (Wildman–Crippen MR) is 117 cm³/mol.